The molecule has 0 saturated carbocycles. The number of nitrogens with zero attached hydrogens (tertiary/aromatic N) is 7. The first-order valence-corrected chi connectivity index (χ1v) is 8.04. The largest absolute Gasteiger partial charge is 0.351 e. The van der Waals surface area contributed by atoms with Crippen molar-refractivity contribution in [2.75, 3.05) is 11.4 Å². The van der Waals surface area contributed by atoms with Crippen LogP contribution in [0.25, 0.3) is 11.0 Å². The molecule has 1 fully saturated rings. The highest BCUT2D eigenvalue weighted by atomic mass is 15.3. The molecule has 1 saturated heterocycles. The van der Waals surface area contributed by atoms with Crippen LogP contribution < -0.4 is 4.90 Å². The van der Waals surface area contributed by atoms with Gasteiger partial charge in [-0.05, 0) is 32.8 Å². The molecule has 1 aliphatic heterocycles. The van der Waals surface area contributed by atoms with Gasteiger partial charge in [0, 0.05) is 19.3 Å². The Morgan fingerprint density at radius 3 is 2.91 bits per heavy atom. The van der Waals surface area contributed by atoms with Crippen molar-refractivity contribution in [2.45, 2.75) is 39.3 Å². The zero-order chi connectivity index (χ0) is 16.0. The fourth-order valence-electron chi connectivity index (χ4n) is 3.54. The van der Waals surface area contributed by atoms with Crippen LogP contribution in [0.3, 0.4) is 0 Å². The number of fused-ring (bicyclic) bond motifs is 1. The van der Waals surface area contributed by atoms with Gasteiger partial charge in [0.25, 0.3) is 0 Å². The van der Waals surface area contributed by atoms with Gasteiger partial charge < -0.3 is 4.90 Å². The molecule has 7 heteroatoms. The minimum absolute atomic E-state index is 0.409. The first-order chi connectivity index (χ1) is 11.1. The van der Waals surface area contributed by atoms with Crippen molar-refractivity contribution in [3.05, 3.63) is 30.0 Å². The van der Waals surface area contributed by atoms with Gasteiger partial charge in [0.05, 0.1) is 29.9 Å². The van der Waals surface area contributed by atoms with Gasteiger partial charge in [-0.25, -0.2) is 9.97 Å². The van der Waals surface area contributed by atoms with Crippen molar-refractivity contribution in [2.24, 2.45) is 7.05 Å². The van der Waals surface area contributed by atoms with E-state index in [1.54, 1.807) is 11.0 Å². The van der Waals surface area contributed by atoms with E-state index in [2.05, 4.69) is 42.7 Å². The first-order valence-electron chi connectivity index (χ1n) is 8.04. The number of rotatable bonds is 3. The van der Waals surface area contributed by atoms with Crippen LogP contribution in [0.15, 0.2) is 18.6 Å². The molecule has 4 rings (SSSR count). The van der Waals surface area contributed by atoms with Gasteiger partial charge in [0.2, 0.25) is 0 Å². The Labute approximate surface area is 134 Å². The summed E-state index contributed by atoms with van der Waals surface area (Å²) in [7, 11) is 1.91. The molecule has 120 valence electrons. The van der Waals surface area contributed by atoms with Crippen LogP contribution in [-0.2, 0) is 13.6 Å². The Kier molecular flexibility index (Phi) is 3.28. The number of aryl methyl sites for hydroxylation is 3. The van der Waals surface area contributed by atoms with Crippen LogP contribution >= 0.6 is 0 Å². The van der Waals surface area contributed by atoms with Crippen molar-refractivity contribution in [3.63, 3.8) is 0 Å². The fraction of sp³-hybridized carbons (Fsp3) is 0.500. The maximum atomic E-state index is 4.61. The molecule has 0 N–H and O–H groups in total. The molecule has 0 radical (unpaired) electrons. The quantitative estimate of drug-likeness (QED) is 0.738. The first kappa shape index (κ1) is 14.2. The summed E-state index contributed by atoms with van der Waals surface area (Å²) >= 11 is 0. The highest BCUT2D eigenvalue weighted by Crippen LogP contribution is 2.30. The normalized spacial score (nSPS) is 18.2. The van der Waals surface area contributed by atoms with Gasteiger partial charge in [-0.2, -0.15) is 10.2 Å². The average Bonchev–Trinajstić information content (AvgIpc) is 3.21. The van der Waals surface area contributed by atoms with Crippen LogP contribution in [0, 0.1) is 13.8 Å². The molecule has 1 aliphatic rings. The summed E-state index contributed by atoms with van der Waals surface area (Å²) in [6.07, 6.45) is 5.83. The van der Waals surface area contributed by atoms with Crippen molar-refractivity contribution in [1.29, 1.82) is 0 Å². The monoisotopic (exact) mass is 311 g/mol. The lowest BCUT2D eigenvalue weighted by molar-refractivity contribution is 0.497. The fourth-order valence-corrected chi connectivity index (χ4v) is 3.54. The molecular weight excluding hydrogens is 290 g/mol. The van der Waals surface area contributed by atoms with Gasteiger partial charge in [-0.1, -0.05) is 0 Å². The molecule has 0 aliphatic carbocycles. The molecule has 0 aromatic carbocycles. The molecule has 0 amide bonds. The zero-order valence-corrected chi connectivity index (χ0v) is 13.8. The third-order valence-electron chi connectivity index (χ3n) is 4.64. The highest BCUT2D eigenvalue weighted by Gasteiger charge is 2.28. The number of aromatic nitrogens is 6. The second-order valence-electron chi connectivity index (χ2n) is 6.30. The summed E-state index contributed by atoms with van der Waals surface area (Å²) in [5, 5.41) is 9.96. The second kappa shape index (κ2) is 5.33. The van der Waals surface area contributed by atoms with Crippen LogP contribution in [0.1, 0.15) is 24.2 Å². The van der Waals surface area contributed by atoms with E-state index >= 15 is 0 Å². The standard InChI is InChI=1S/C16H21N7/c1-11-7-12(2)23(20-11)9-13-5-4-6-22(13)16-14-8-19-21(3)15(14)17-10-18-16/h7-8,10,13H,4-6,9H2,1-3H3/t13-/m0/s1. The molecule has 7 nitrogen and oxygen atoms in total. The number of anilines is 1. The minimum Gasteiger partial charge on any atom is -0.351 e. The van der Waals surface area contributed by atoms with E-state index in [1.807, 2.05) is 20.2 Å². The summed E-state index contributed by atoms with van der Waals surface area (Å²) in [6, 6.07) is 2.54. The van der Waals surface area contributed by atoms with Crippen LogP contribution in [0.5, 0.6) is 0 Å². The molecule has 0 bridgehead atoms. The minimum atomic E-state index is 0.409. The number of hydrogen-bond acceptors (Lipinski definition) is 5. The molecule has 3 aromatic heterocycles. The molecule has 3 aromatic rings. The Bertz CT molecular complexity index is 847. The van der Waals surface area contributed by atoms with Crippen LogP contribution in [0.2, 0.25) is 0 Å². The van der Waals surface area contributed by atoms with Gasteiger partial charge >= 0.3 is 0 Å². The van der Waals surface area contributed by atoms with Gasteiger partial charge in [-0.3, -0.25) is 9.36 Å². The molecule has 0 unspecified atom stereocenters. The Morgan fingerprint density at radius 1 is 1.26 bits per heavy atom. The van der Waals surface area contributed by atoms with E-state index < -0.39 is 0 Å². The average molecular weight is 311 g/mol. The molecule has 0 spiro atoms. The third-order valence-corrected chi connectivity index (χ3v) is 4.64. The van der Waals surface area contributed by atoms with Gasteiger partial charge in [-0.15, -0.1) is 0 Å². The Morgan fingerprint density at radius 2 is 2.13 bits per heavy atom. The maximum Gasteiger partial charge on any atom is 0.163 e. The van der Waals surface area contributed by atoms with Crippen molar-refractivity contribution in [1.82, 2.24) is 29.5 Å². The zero-order valence-electron chi connectivity index (χ0n) is 13.8. The number of hydrogen-bond donors (Lipinski definition) is 0. The lowest BCUT2D eigenvalue weighted by Gasteiger charge is -2.26. The van der Waals surface area contributed by atoms with Gasteiger partial charge in [0.1, 0.15) is 12.1 Å². The molecular formula is C16H21N7. The lowest BCUT2D eigenvalue weighted by Crippen LogP contribution is -2.34. The van der Waals surface area contributed by atoms with E-state index in [4.69, 9.17) is 0 Å². The Balaban J connectivity index is 1.68. The predicted molar refractivity (Wildman–Crippen MR) is 88.4 cm³/mol. The summed E-state index contributed by atoms with van der Waals surface area (Å²) < 4.78 is 3.91. The summed E-state index contributed by atoms with van der Waals surface area (Å²) in [5.74, 6) is 0.993. The maximum absolute atomic E-state index is 4.61. The van der Waals surface area contributed by atoms with Gasteiger partial charge in [0.15, 0.2) is 5.65 Å². The van der Waals surface area contributed by atoms with Crippen molar-refractivity contribution in [3.8, 4) is 0 Å². The van der Waals surface area contributed by atoms with Crippen LogP contribution in [0.4, 0.5) is 5.82 Å². The van der Waals surface area contributed by atoms with Crippen molar-refractivity contribution >= 4 is 16.9 Å². The predicted octanol–water partition coefficient (Wildman–Crippen LogP) is 1.85. The van der Waals surface area contributed by atoms with E-state index in [1.165, 1.54) is 12.1 Å². The van der Waals surface area contributed by atoms with E-state index in [-0.39, 0.29) is 0 Å². The van der Waals surface area contributed by atoms with Crippen molar-refractivity contribution < 1.29 is 0 Å². The highest BCUT2D eigenvalue weighted by molar-refractivity contribution is 5.86. The molecule has 4 heterocycles. The Hall–Kier alpha value is -2.44. The summed E-state index contributed by atoms with van der Waals surface area (Å²) in [5.41, 5.74) is 3.17. The lowest BCUT2D eigenvalue weighted by atomic mass is 10.2. The van der Waals surface area contributed by atoms with E-state index in [9.17, 15) is 0 Å². The third kappa shape index (κ3) is 2.36. The van der Waals surface area contributed by atoms with E-state index in [0.29, 0.717) is 6.04 Å². The summed E-state index contributed by atoms with van der Waals surface area (Å²) in [4.78, 5) is 11.3. The molecule has 1 atom stereocenters. The van der Waals surface area contributed by atoms with E-state index in [0.717, 1.165) is 42.1 Å². The molecule has 23 heavy (non-hydrogen) atoms. The topological polar surface area (TPSA) is 64.7 Å². The second-order valence-corrected chi connectivity index (χ2v) is 6.30. The SMILES string of the molecule is Cc1cc(C)n(C[C@@H]2CCCN2c2ncnc3c2cnn3C)n1. The van der Waals surface area contributed by atoms with Crippen LogP contribution in [-0.4, -0.2) is 42.1 Å². The smallest absolute Gasteiger partial charge is 0.163 e. The summed E-state index contributed by atoms with van der Waals surface area (Å²) in [6.45, 7) is 6.07.